The molecule has 0 spiro atoms. The highest BCUT2D eigenvalue weighted by molar-refractivity contribution is 6.39. The van der Waals surface area contributed by atoms with Crippen molar-refractivity contribution >= 4 is 23.7 Å². The Morgan fingerprint density at radius 3 is 2.42 bits per heavy atom. The maximum atomic E-state index is 12.9. The molecule has 0 radical (unpaired) electrons. The van der Waals surface area contributed by atoms with E-state index in [4.69, 9.17) is 9.47 Å². The smallest absolute Gasteiger partial charge is 0.329 e. The number of benzene rings is 3. The van der Waals surface area contributed by atoms with Gasteiger partial charge in [-0.15, -0.1) is 0 Å². The van der Waals surface area contributed by atoms with Gasteiger partial charge in [0.2, 0.25) is 0 Å². The van der Waals surface area contributed by atoms with Crippen molar-refractivity contribution in [3.8, 4) is 11.5 Å². The van der Waals surface area contributed by atoms with Crippen LogP contribution in [-0.4, -0.2) is 25.1 Å². The maximum Gasteiger partial charge on any atom is 0.329 e. The predicted octanol–water partition coefficient (Wildman–Crippen LogP) is 3.50. The number of carbonyl (C=O) groups excluding carboxylic acids is 2. The van der Waals surface area contributed by atoms with Crippen LogP contribution in [0, 0.1) is 5.82 Å². The van der Waals surface area contributed by atoms with Crippen molar-refractivity contribution < 1.29 is 23.5 Å². The third kappa shape index (κ3) is 6.40. The minimum absolute atomic E-state index is 0.292. The van der Waals surface area contributed by atoms with Gasteiger partial charge in [0.25, 0.3) is 0 Å². The Kier molecular flexibility index (Phi) is 7.31. The Morgan fingerprint density at radius 2 is 1.71 bits per heavy atom. The average Bonchev–Trinajstić information content (AvgIpc) is 2.80. The highest BCUT2D eigenvalue weighted by Crippen LogP contribution is 2.28. The number of anilines is 1. The SMILES string of the molecule is COc1ccc(C=NNC(=O)C(=O)Nc2ccc(F)cc2)cc1OCc1ccccc1. The van der Waals surface area contributed by atoms with Crippen molar-refractivity contribution in [2.45, 2.75) is 6.61 Å². The van der Waals surface area contributed by atoms with Gasteiger partial charge in [0.15, 0.2) is 11.5 Å². The third-order valence-corrected chi connectivity index (χ3v) is 4.11. The van der Waals surface area contributed by atoms with E-state index in [0.717, 1.165) is 5.56 Å². The highest BCUT2D eigenvalue weighted by Gasteiger charge is 2.13. The molecule has 3 rings (SSSR count). The normalized spacial score (nSPS) is 10.5. The van der Waals surface area contributed by atoms with Crippen LogP contribution in [0.15, 0.2) is 77.9 Å². The van der Waals surface area contributed by atoms with Gasteiger partial charge < -0.3 is 14.8 Å². The molecule has 0 heterocycles. The Balaban J connectivity index is 1.58. The van der Waals surface area contributed by atoms with Gasteiger partial charge in [0, 0.05) is 5.69 Å². The summed E-state index contributed by atoms with van der Waals surface area (Å²) < 4.78 is 24.0. The van der Waals surface area contributed by atoms with Crippen LogP contribution in [0.2, 0.25) is 0 Å². The van der Waals surface area contributed by atoms with Crippen molar-refractivity contribution in [1.82, 2.24) is 5.43 Å². The second kappa shape index (κ2) is 10.5. The molecule has 0 aliphatic rings. The summed E-state index contributed by atoms with van der Waals surface area (Å²) in [6, 6.07) is 19.9. The van der Waals surface area contributed by atoms with E-state index in [1.54, 1.807) is 25.3 Å². The second-order valence-corrected chi connectivity index (χ2v) is 6.34. The minimum atomic E-state index is -0.963. The summed E-state index contributed by atoms with van der Waals surface area (Å²) in [5.74, 6) is -1.27. The molecule has 2 N–H and O–H groups in total. The molecule has 0 atom stereocenters. The molecule has 8 heteroatoms. The number of nitrogens with one attached hydrogen (secondary N) is 2. The zero-order chi connectivity index (χ0) is 22.1. The lowest BCUT2D eigenvalue weighted by Gasteiger charge is -2.11. The quantitative estimate of drug-likeness (QED) is 0.347. The molecule has 158 valence electrons. The molecule has 3 aromatic rings. The van der Waals surface area contributed by atoms with E-state index in [2.05, 4.69) is 15.8 Å². The number of carbonyl (C=O) groups is 2. The van der Waals surface area contributed by atoms with Gasteiger partial charge in [-0.1, -0.05) is 30.3 Å². The van der Waals surface area contributed by atoms with Crippen molar-refractivity contribution in [1.29, 1.82) is 0 Å². The molecule has 0 unspecified atom stereocenters. The number of hydrogen-bond acceptors (Lipinski definition) is 5. The first-order valence-corrected chi connectivity index (χ1v) is 9.30. The van der Waals surface area contributed by atoms with E-state index in [9.17, 15) is 14.0 Å². The van der Waals surface area contributed by atoms with Gasteiger partial charge in [-0.3, -0.25) is 9.59 Å². The van der Waals surface area contributed by atoms with E-state index < -0.39 is 17.6 Å². The predicted molar refractivity (Wildman–Crippen MR) is 115 cm³/mol. The summed E-state index contributed by atoms with van der Waals surface area (Å²) in [6.07, 6.45) is 1.37. The zero-order valence-electron chi connectivity index (χ0n) is 16.7. The Bertz CT molecular complexity index is 1070. The summed E-state index contributed by atoms with van der Waals surface area (Å²) in [5, 5.41) is 6.14. The number of nitrogens with zero attached hydrogens (tertiary/aromatic N) is 1. The number of methoxy groups -OCH3 is 1. The van der Waals surface area contributed by atoms with Crippen LogP contribution in [-0.2, 0) is 16.2 Å². The summed E-state index contributed by atoms with van der Waals surface area (Å²) in [6.45, 7) is 0.359. The van der Waals surface area contributed by atoms with Crippen molar-refractivity contribution in [2.24, 2.45) is 5.10 Å². The molecule has 31 heavy (non-hydrogen) atoms. The molecule has 0 fully saturated rings. The van der Waals surface area contributed by atoms with Crippen LogP contribution in [0.25, 0.3) is 0 Å². The molecule has 0 saturated carbocycles. The van der Waals surface area contributed by atoms with Crippen LogP contribution >= 0.6 is 0 Å². The molecular formula is C23H20FN3O4. The third-order valence-electron chi connectivity index (χ3n) is 4.11. The molecule has 0 aliphatic carbocycles. The van der Waals surface area contributed by atoms with Gasteiger partial charge in [-0.2, -0.15) is 5.10 Å². The number of ether oxygens (including phenoxy) is 2. The molecule has 7 nitrogen and oxygen atoms in total. The van der Waals surface area contributed by atoms with Gasteiger partial charge >= 0.3 is 11.8 Å². The largest absolute Gasteiger partial charge is 0.493 e. The number of hydrazone groups is 1. The van der Waals surface area contributed by atoms with Crippen molar-refractivity contribution in [2.75, 3.05) is 12.4 Å². The number of amides is 2. The van der Waals surface area contributed by atoms with Crippen LogP contribution in [0.4, 0.5) is 10.1 Å². The number of rotatable bonds is 7. The van der Waals surface area contributed by atoms with E-state index >= 15 is 0 Å². The summed E-state index contributed by atoms with van der Waals surface area (Å²) in [4.78, 5) is 23.7. The van der Waals surface area contributed by atoms with Crippen LogP contribution in [0.1, 0.15) is 11.1 Å². The Hall–Kier alpha value is -4.20. The molecule has 0 aliphatic heterocycles. The fourth-order valence-corrected chi connectivity index (χ4v) is 2.56. The van der Waals surface area contributed by atoms with Gasteiger partial charge in [0.05, 0.1) is 13.3 Å². The van der Waals surface area contributed by atoms with E-state index in [0.29, 0.717) is 29.4 Å². The first-order chi connectivity index (χ1) is 15.0. The lowest BCUT2D eigenvalue weighted by Crippen LogP contribution is -2.32. The molecule has 0 bridgehead atoms. The fourth-order valence-electron chi connectivity index (χ4n) is 2.56. The summed E-state index contributed by atoms with van der Waals surface area (Å²) >= 11 is 0. The Morgan fingerprint density at radius 1 is 0.968 bits per heavy atom. The molecule has 0 aromatic heterocycles. The van der Waals surface area contributed by atoms with Gasteiger partial charge in [-0.05, 0) is 53.6 Å². The first-order valence-electron chi connectivity index (χ1n) is 9.30. The lowest BCUT2D eigenvalue weighted by atomic mass is 10.2. The van der Waals surface area contributed by atoms with Crippen LogP contribution in [0.3, 0.4) is 0 Å². The first kappa shape index (κ1) is 21.5. The molecule has 0 saturated heterocycles. The summed E-state index contributed by atoms with van der Waals surface area (Å²) in [5.41, 5.74) is 4.06. The van der Waals surface area contributed by atoms with E-state index in [-0.39, 0.29) is 0 Å². The molecule has 2 amide bonds. The molecule has 3 aromatic carbocycles. The van der Waals surface area contributed by atoms with E-state index in [1.165, 1.54) is 30.5 Å². The van der Waals surface area contributed by atoms with Crippen molar-refractivity contribution in [3.05, 3.63) is 89.7 Å². The van der Waals surface area contributed by atoms with Crippen LogP contribution in [0.5, 0.6) is 11.5 Å². The van der Waals surface area contributed by atoms with Gasteiger partial charge in [-0.25, -0.2) is 9.82 Å². The second-order valence-electron chi connectivity index (χ2n) is 6.34. The van der Waals surface area contributed by atoms with Crippen molar-refractivity contribution in [3.63, 3.8) is 0 Å². The van der Waals surface area contributed by atoms with Crippen LogP contribution < -0.4 is 20.2 Å². The average molecular weight is 421 g/mol. The Labute approximate surface area is 178 Å². The lowest BCUT2D eigenvalue weighted by molar-refractivity contribution is -0.136. The zero-order valence-corrected chi connectivity index (χ0v) is 16.7. The minimum Gasteiger partial charge on any atom is -0.493 e. The van der Waals surface area contributed by atoms with Gasteiger partial charge in [0.1, 0.15) is 12.4 Å². The monoisotopic (exact) mass is 421 g/mol. The topological polar surface area (TPSA) is 89.0 Å². The standard InChI is InChI=1S/C23H20FN3O4/c1-30-20-12-7-17(13-21(20)31-15-16-5-3-2-4-6-16)14-25-27-23(29)22(28)26-19-10-8-18(24)9-11-19/h2-14H,15H2,1H3,(H,26,28)(H,27,29). The summed E-state index contributed by atoms with van der Waals surface area (Å²) in [7, 11) is 1.54. The van der Waals surface area contributed by atoms with E-state index in [1.807, 2.05) is 30.3 Å². The fraction of sp³-hybridized carbons (Fsp3) is 0.0870. The number of halogens is 1. The molecular weight excluding hydrogens is 401 g/mol. The maximum absolute atomic E-state index is 12.9. The number of hydrogen-bond donors (Lipinski definition) is 2. The highest BCUT2D eigenvalue weighted by atomic mass is 19.1.